The molecule has 0 unspecified atom stereocenters. The lowest BCUT2D eigenvalue weighted by Crippen LogP contribution is -2.50. The Morgan fingerprint density at radius 2 is 1.86 bits per heavy atom. The number of anilines is 1. The minimum Gasteiger partial charge on any atom is -0.345 e. The quantitative estimate of drug-likeness (QED) is 0.665. The summed E-state index contributed by atoms with van der Waals surface area (Å²) in [6, 6.07) is 11.1. The number of hydrogen-bond acceptors (Lipinski definition) is 5. The van der Waals surface area contributed by atoms with E-state index in [9.17, 15) is 13.2 Å². The van der Waals surface area contributed by atoms with Crippen LogP contribution < -0.4 is 5.32 Å². The third kappa shape index (κ3) is 4.16. The van der Waals surface area contributed by atoms with E-state index >= 15 is 0 Å². The maximum Gasteiger partial charge on any atom is 0.245 e. The molecule has 9 heteroatoms. The summed E-state index contributed by atoms with van der Waals surface area (Å²) in [6.45, 7) is 3.91. The zero-order valence-electron chi connectivity index (χ0n) is 16.1. The molecule has 4 rings (SSSR count). The summed E-state index contributed by atoms with van der Waals surface area (Å²) < 4.78 is 27.5. The SMILES string of the molecule is Cc1ccc(NC(=O)CN2CCN(S(=O)(=O)c3c[nH]c4ncccc34)CC2)cc1. The molecule has 2 N–H and O–H groups in total. The average Bonchev–Trinajstić information content (AvgIpc) is 3.15. The number of nitrogens with one attached hydrogen (secondary N) is 2. The Morgan fingerprint density at radius 1 is 1.14 bits per heavy atom. The van der Waals surface area contributed by atoms with Gasteiger partial charge in [-0.2, -0.15) is 4.31 Å². The molecule has 8 nitrogen and oxygen atoms in total. The summed E-state index contributed by atoms with van der Waals surface area (Å²) in [4.78, 5) is 21.6. The number of aromatic amines is 1. The van der Waals surface area contributed by atoms with E-state index in [2.05, 4.69) is 15.3 Å². The molecule has 0 atom stereocenters. The van der Waals surface area contributed by atoms with Gasteiger partial charge in [-0.1, -0.05) is 17.7 Å². The molecule has 0 spiro atoms. The Morgan fingerprint density at radius 3 is 2.59 bits per heavy atom. The number of sulfonamides is 1. The van der Waals surface area contributed by atoms with E-state index in [1.807, 2.05) is 36.1 Å². The number of pyridine rings is 1. The fraction of sp³-hybridized carbons (Fsp3) is 0.300. The minimum absolute atomic E-state index is 0.104. The van der Waals surface area contributed by atoms with Gasteiger partial charge in [0.1, 0.15) is 10.5 Å². The number of rotatable bonds is 5. The molecule has 3 heterocycles. The van der Waals surface area contributed by atoms with Crippen LogP contribution in [0.4, 0.5) is 5.69 Å². The van der Waals surface area contributed by atoms with Crippen LogP contribution in [0.1, 0.15) is 5.56 Å². The molecular weight excluding hydrogens is 390 g/mol. The van der Waals surface area contributed by atoms with E-state index in [0.29, 0.717) is 37.2 Å². The first-order chi connectivity index (χ1) is 13.9. The van der Waals surface area contributed by atoms with Crippen molar-refractivity contribution < 1.29 is 13.2 Å². The number of benzene rings is 1. The maximum atomic E-state index is 13.0. The molecule has 2 aromatic heterocycles. The lowest BCUT2D eigenvalue weighted by molar-refractivity contribution is -0.117. The highest BCUT2D eigenvalue weighted by Gasteiger charge is 2.31. The summed E-state index contributed by atoms with van der Waals surface area (Å²) in [5.74, 6) is -0.104. The van der Waals surface area contributed by atoms with E-state index < -0.39 is 10.0 Å². The molecule has 1 fully saturated rings. The van der Waals surface area contributed by atoms with Crippen molar-refractivity contribution in [2.45, 2.75) is 11.8 Å². The Hall–Kier alpha value is -2.75. The molecule has 1 aliphatic heterocycles. The Bertz CT molecular complexity index is 1120. The van der Waals surface area contributed by atoms with Crippen LogP contribution in [-0.2, 0) is 14.8 Å². The van der Waals surface area contributed by atoms with Crippen LogP contribution in [0.5, 0.6) is 0 Å². The Kier molecular flexibility index (Phi) is 5.35. The van der Waals surface area contributed by atoms with Crippen molar-refractivity contribution in [1.82, 2.24) is 19.2 Å². The number of fused-ring (bicyclic) bond motifs is 1. The molecule has 3 aromatic rings. The van der Waals surface area contributed by atoms with E-state index in [1.165, 1.54) is 10.5 Å². The normalized spacial score (nSPS) is 16.2. The molecule has 1 saturated heterocycles. The lowest BCUT2D eigenvalue weighted by Gasteiger charge is -2.33. The van der Waals surface area contributed by atoms with Crippen LogP contribution in [0.15, 0.2) is 53.7 Å². The number of carbonyl (C=O) groups excluding carboxylic acids is 1. The highest BCUT2D eigenvalue weighted by atomic mass is 32.2. The third-order valence-corrected chi connectivity index (χ3v) is 7.00. The van der Waals surface area contributed by atoms with Gasteiger partial charge < -0.3 is 10.3 Å². The molecule has 0 bridgehead atoms. The third-order valence-electron chi connectivity index (χ3n) is 5.06. The number of aryl methyl sites for hydroxylation is 1. The average molecular weight is 414 g/mol. The topological polar surface area (TPSA) is 98.4 Å². The molecule has 0 radical (unpaired) electrons. The number of nitrogens with zero attached hydrogens (tertiary/aromatic N) is 3. The smallest absolute Gasteiger partial charge is 0.245 e. The second-order valence-electron chi connectivity index (χ2n) is 7.15. The summed E-state index contributed by atoms with van der Waals surface area (Å²) in [6.07, 6.45) is 3.12. The van der Waals surface area contributed by atoms with Crippen molar-refractivity contribution in [3.05, 3.63) is 54.4 Å². The fourth-order valence-electron chi connectivity index (χ4n) is 3.45. The van der Waals surface area contributed by atoms with Gasteiger partial charge in [-0.3, -0.25) is 9.69 Å². The minimum atomic E-state index is -3.61. The van der Waals surface area contributed by atoms with Gasteiger partial charge in [-0.05, 0) is 31.2 Å². The van der Waals surface area contributed by atoms with Crippen LogP contribution in [0, 0.1) is 6.92 Å². The van der Waals surface area contributed by atoms with E-state index in [0.717, 1.165) is 11.3 Å². The van der Waals surface area contributed by atoms with Crippen LogP contribution in [0.3, 0.4) is 0 Å². The van der Waals surface area contributed by atoms with Crippen molar-refractivity contribution in [3.63, 3.8) is 0 Å². The van der Waals surface area contributed by atoms with Gasteiger partial charge in [-0.15, -0.1) is 0 Å². The van der Waals surface area contributed by atoms with Crippen LogP contribution in [0.2, 0.25) is 0 Å². The van der Waals surface area contributed by atoms with E-state index in [1.54, 1.807) is 18.3 Å². The van der Waals surface area contributed by atoms with Crippen molar-refractivity contribution in [2.24, 2.45) is 0 Å². The standard InChI is InChI=1S/C20H23N5O3S/c1-15-4-6-16(7-5-15)23-19(26)14-24-9-11-25(12-10-24)29(27,28)18-13-22-20-17(18)3-2-8-21-20/h2-8,13H,9-12,14H2,1H3,(H,21,22)(H,23,26). The van der Waals surface area contributed by atoms with Crippen molar-refractivity contribution in [1.29, 1.82) is 0 Å². The second kappa shape index (κ2) is 7.94. The van der Waals surface area contributed by atoms with Crippen molar-refractivity contribution >= 4 is 32.7 Å². The Balaban J connectivity index is 1.36. The molecule has 0 aliphatic carbocycles. The van der Waals surface area contributed by atoms with E-state index in [4.69, 9.17) is 0 Å². The van der Waals surface area contributed by atoms with Gasteiger partial charge >= 0.3 is 0 Å². The molecule has 1 amide bonds. The van der Waals surface area contributed by atoms with Gasteiger partial charge in [0.2, 0.25) is 15.9 Å². The summed E-state index contributed by atoms with van der Waals surface area (Å²) in [7, 11) is -3.61. The van der Waals surface area contributed by atoms with Gasteiger partial charge in [0, 0.05) is 49.6 Å². The van der Waals surface area contributed by atoms with Gasteiger partial charge in [0.15, 0.2) is 0 Å². The Labute approximate surface area is 169 Å². The number of carbonyl (C=O) groups is 1. The van der Waals surface area contributed by atoms with Gasteiger partial charge in [0.25, 0.3) is 0 Å². The van der Waals surface area contributed by atoms with Crippen molar-refractivity contribution in [3.8, 4) is 0 Å². The molecule has 1 aromatic carbocycles. The van der Waals surface area contributed by atoms with Crippen LogP contribution >= 0.6 is 0 Å². The van der Waals surface area contributed by atoms with Gasteiger partial charge in [-0.25, -0.2) is 13.4 Å². The molecule has 0 saturated carbocycles. The first-order valence-electron chi connectivity index (χ1n) is 9.44. The summed E-state index contributed by atoms with van der Waals surface area (Å²) in [5.41, 5.74) is 2.44. The highest BCUT2D eigenvalue weighted by Crippen LogP contribution is 2.25. The number of aromatic nitrogens is 2. The summed E-state index contributed by atoms with van der Waals surface area (Å²) >= 11 is 0. The number of H-pyrrole nitrogens is 1. The number of hydrogen-bond donors (Lipinski definition) is 2. The molecule has 29 heavy (non-hydrogen) atoms. The molecule has 152 valence electrons. The predicted molar refractivity (Wildman–Crippen MR) is 111 cm³/mol. The fourth-order valence-corrected chi connectivity index (χ4v) is 5.02. The highest BCUT2D eigenvalue weighted by molar-refractivity contribution is 7.89. The second-order valence-corrected chi connectivity index (χ2v) is 9.05. The lowest BCUT2D eigenvalue weighted by atomic mass is 10.2. The predicted octanol–water partition coefficient (Wildman–Crippen LogP) is 1.82. The van der Waals surface area contributed by atoms with E-state index in [-0.39, 0.29) is 17.3 Å². The zero-order valence-corrected chi connectivity index (χ0v) is 16.9. The first-order valence-corrected chi connectivity index (χ1v) is 10.9. The monoisotopic (exact) mass is 413 g/mol. The van der Waals surface area contributed by atoms with Crippen LogP contribution in [-0.4, -0.2) is 66.2 Å². The number of amides is 1. The number of piperazine rings is 1. The zero-order chi connectivity index (χ0) is 20.4. The molecular formula is C20H23N5O3S. The van der Waals surface area contributed by atoms with Crippen LogP contribution in [0.25, 0.3) is 11.0 Å². The van der Waals surface area contributed by atoms with Gasteiger partial charge in [0.05, 0.1) is 6.54 Å². The van der Waals surface area contributed by atoms with Crippen molar-refractivity contribution in [2.75, 3.05) is 38.0 Å². The first kappa shape index (κ1) is 19.6. The largest absolute Gasteiger partial charge is 0.345 e. The summed E-state index contributed by atoms with van der Waals surface area (Å²) in [5, 5.41) is 3.47. The molecule has 1 aliphatic rings. The maximum absolute atomic E-state index is 13.0.